The van der Waals surface area contributed by atoms with Crippen molar-refractivity contribution >= 4 is 5.91 Å². The van der Waals surface area contributed by atoms with Crippen LogP contribution in [0.25, 0.3) is 0 Å². The van der Waals surface area contributed by atoms with Crippen LogP contribution < -0.4 is 15.0 Å². The zero-order valence-corrected chi connectivity index (χ0v) is 22.4. The topological polar surface area (TPSA) is 122 Å². The second-order valence-electron chi connectivity index (χ2n) is 9.54. The number of halogens is 2. The fourth-order valence-electron chi connectivity index (χ4n) is 4.44. The van der Waals surface area contributed by atoms with Crippen LogP contribution >= 0.6 is 0 Å². The lowest BCUT2D eigenvalue weighted by atomic mass is 9.92. The standard InChI is InChI=1S/C29H31F2N5O5/c1-35(17-29(38,18-36-20-32-19-33-36)25-12-9-23(30)15-26(25)31)16-22-5-2-3-6-27(22)41-14-4-13-40-24-10-7-21(8-11-24)28(37)34-39/h2-3,5-12,15,19-20,38-39H,4,13-14,16-18H2,1H3,(H,34,37). The molecule has 0 radical (unpaired) electrons. The average molecular weight is 568 g/mol. The van der Waals surface area contributed by atoms with E-state index in [2.05, 4.69) is 10.1 Å². The summed E-state index contributed by atoms with van der Waals surface area (Å²) in [4.78, 5) is 17.1. The van der Waals surface area contributed by atoms with Crippen molar-refractivity contribution in [3.05, 3.63) is 108 Å². The van der Waals surface area contributed by atoms with E-state index in [1.807, 2.05) is 29.2 Å². The van der Waals surface area contributed by atoms with Gasteiger partial charge in [-0.3, -0.25) is 14.9 Å². The number of carbonyl (C=O) groups excluding carboxylic acids is 1. The maximum Gasteiger partial charge on any atom is 0.274 e. The van der Waals surface area contributed by atoms with Crippen LogP contribution in [-0.2, 0) is 18.7 Å². The molecule has 4 aromatic rings. The summed E-state index contributed by atoms with van der Waals surface area (Å²) >= 11 is 0. The number of rotatable bonds is 14. The summed E-state index contributed by atoms with van der Waals surface area (Å²) in [6, 6.07) is 16.9. The highest BCUT2D eigenvalue weighted by Crippen LogP contribution is 2.29. The van der Waals surface area contributed by atoms with Gasteiger partial charge in [0.1, 0.15) is 41.4 Å². The number of benzene rings is 3. The van der Waals surface area contributed by atoms with E-state index in [4.69, 9.17) is 14.7 Å². The van der Waals surface area contributed by atoms with Gasteiger partial charge in [0.2, 0.25) is 0 Å². The highest BCUT2D eigenvalue weighted by molar-refractivity contribution is 5.93. The molecular formula is C29H31F2N5O5. The Labute approximate surface area is 235 Å². The quantitative estimate of drug-likeness (QED) is 0.120. The first-order chi connectivity index (χ1) is 19.8. The number of carbonyl (C=O) groups is 1. The summed E-state index contributed by atoms with van der Waals surface area (Å²) in [6.07, 6.45) is 3.33. The first-order valence-corrected chi connectivity index (χ1v) is 12.8. The number of hydrogen-bond donors (Lipinski definition) is 3. The summed E-state index contributed by atoms with van der Waals surface area (Å²) in [5.74, 6) is -0.941. The summed E-state index contributed by atoms with van der Waals surface area (Å²) in [7, 11) is 1.79. The molecule has 4 rings (SSSR count). The largest absolute Gasteiger partial charge is 0.493 e. The zero-order valence-electron chi connectivity index (χ0n) is 22.4. The van der Waals surface area contributed by atoms with E-state index in [0.29, 0.717) is 43.2 Å². The zero-order chi connectivity index (χ0) is 29.2. The number of aromatic nitrogens is 3. The number of nitrogens with one attached hydrogen (secondary N) is 1. The molecule has 0 aliphatic rings. The van der Waals surface area contributed by atoms with Gasteiger partial charge in [0, 0.05) is 42.3 Å². The second kappa shape index (κ2) is 13.8. The fourth-order valence-corrected chi connectivity index (χ4v) is 4.44. The molecule has 1 amide bonds. The van der Waals surface area contributed by atoms with Crippen molar-refractivity contribution in [3.8, 4) is 11.5 Å². The SMILES string of the molecule is CN(Cc1ccccc1OCCCOc1ccc(C(=O)NO)cc1)CC(O)(Cn1cncn1)c1ccc(F)cc1F. The summed E-state index contributed by atoms with van der Waals surface area (Å²) in [5.41, 5.74) is 0.973. The molecule has 3 N–H and O–H groups in total. The van der Waals surface area contributed by atoms with Crippen molar-refractivity contribution in [3.63, 3.8) is 0 Å². The molecule has 3 aromatic carbocycles. The van der Waals surface area contributed by atoms with Gasteiger partial charge in [-0.2, -0.15) is 5.10 Å². The predicted octanol–water partition coefficient (Wildman–Crippen LogP) is 3.54. The molecule has 10 nitrogen and oxygen atoms in total. The lowest BCUT2D eigenvalue weighted by Gasteiger charge is -2.33. The number of nitrogens with zero attached hydrogens (tertiary/aromatic N) is 4. The molecule has 12 heteroatoms. The Hall–Kier alpha value is -4.39. The number of ether oxygens (including phenoxy) is 2. The van der Waals surface area contributed by atoms with Crippen molar-refractivity contribution in [2.24, 2.45) is 0 Å². The Balaban J connectivity index is 1.35. The molecular weight excluding hydrogens is 536 g/mol. The van der Waals surface area contributed by atoms with Crippen molar-refractivity contribution in [1.29, 1.82) is 0 Å². The Bertz CT molecular complexity index is 1420. The molecule has 0 saturated carbocycles. The third-order valence-electron chi connectivity index (χ3n) is 6.30. The van der Waals surface area contributed by atoms with Crippen LogP contribution in [0.2, 0.25) is 0 Å². The number of hydroxylamine groups is 1. The van der Waals surface area contributed by atoms with Gasteiger partial charge in [0.05, 0.1) is 19.8 Å². The summed E-state index contributed by atoms with van der Waals surface area (Å²) in [6.45, 7) is 1.06. The Morgan fingerprint density at radius 2 is 1.83 bits per heavy atom. The minimum Gasteiger partial charge on any atom is -0.493 e. The number of para-hydroxylation sites is 1. The van der Waals surface area contributed by atoms with Gasteiger partial charge in [-0.25, -0.2) is 23.9 Å². The number of hydrogen-bond acceptors (Lipinski definition) is 8. The van der Waals surface area contributed by atoms with Crippen LogP contribution in [0.1, 0.15) is 27.9 Å². The van der Waals surface area contributed by atoms with Crippen molar-refractivity contribution in [2.45, 2.75) is 25.1 Å². The van der Waals surface area contributed by atoms with Gasteiger partial charge in [-0.15, -0.1) is 0 Å². The lowest BCUT2D eigenvalue weighted by Crippen LogP contribution is -2.43. The Morgan fingerprint density at radius 3 is 2.54 bits per heavy atom. The van der Waals surface area contributed by atoms with Gasteiger partial charge < -0.3 is 14.6 Å². The maximum absolute atomic E-state index is 14.8. The van der Waals surface area contributed by atoms with E-state index in [1.165, 1.54) is 23.4 Å². The molecule has 216 valence electrons. The van der Waals surface area contributed by atoms with Crippen LogP contribution in [0.15, 0.2) is 79.4 Å². The van der Waals surface area contributed by atoms with E-state index < -0.39 is 23.1 Å². The van der Waals surface area contributed by atoms with Gasteiger partial charge >= 0.3 is 0 Å². The van der Waals surface area contributed by atoms with Crippen LogP contribution in [0.4, 0.5) is 8.78 Å². The molecule has 0 aliphatic heterocycles. The van der Waals surface area contributed by atoms with E-state index in [1.54, 1.807) is 36.8 Å². The van der Waals surface area contributed by atoms with Gasteiger partial charge in [-0.1, -0.05) is 24.3 Å². The van der Waals surface area contributed by atoms with Crippen molar-refractivity contribution in [2.75, 3.05) is 26.8 Å². The molecule has 1 heterocycles. The summed E-state index contributed by atoms with van der Waals surface area (Å²) < 4.78 is 41.5. The van der Waals surface area contributed by atoms with E-state index in [9.17, 15) is 18.7 Å². The van der Waals surface area contributed by atoms with Gasteiger partial charge in [0.25, 0.3) is 5.91 Å². The molecule has 0 aliphatic carbocycles. The third kappa shape index (κ3) is 8.07. The molecule has 0 spiro atoms. The molecule has 1 atom stereocenters. The van der Waals surface area contributed by atoms with E-state index >= 15 is 0 Å². The average Bonchev–Trinajstić information content (AvgIpc) is 3.46. The molecule has 0 saturated heterocycles. The minimum atomic E-state index is -1.73. The normalized spacial score (nSPS) is 12.6. The van der Waals surface area contributed by atoms with Crippen LogP contribution in [-0.4, -0.2) is 62.7 Å². The molecule has 0 fully saturated rings. The van der Waals surface area contributed by atoms with E-state index in [-0.39, 0.29) is 18.7 Å². The molecule has 0 bridgehead atoms. The van der Waals surface area contributed by atoms with Crippen LogP contribution in [0.5, 0.6) is 11.5 Å². The third-order valence-corrected chi connectivity index (χ3v) is 6.30. The molecule has 41 heavy (non-hydrogen) atoms. The van der Waals surface area contributed by atoms with Crippen molar-refractivity contribution < 1.29 is 33.4 Å². The molecule has 1 aromatic heterocycles. The fraction of sp³-hybridized carbons (Fsp3) is 0.276. The summed E-state index contributed by atoms with van der Waals surface area (Å²) in [5, 5.41) is 24.4. The number of likely N-dealkylation sites (N-methyl/N-ethyl adjacent to an activating group) is 1. The van der Waals surface area contributed by atoms with Gasteiger partial charge in [-0.05, 0) is 43.4 Å². The number of amides is 1. The van der Waals surface area contributed by atoms with Crippen LogP contribution in [0.3, 0.4) is 0 Å². The highest BCUT2D eigenvalue weighted by atomic mass is 19.1. The highest BCUT2D eigenvalue weighted by Gasteiger charge is 2.35. The molecule has 1 unspecified atom stereocenters. The smallest absolute Gasteiger partial charge is 0.274 e. The van der Waals surface area contributed by atoms with Crippen LogP contribution in [0, 0.1) is 11.6 Å². The number of aliphatic hydroxyl groups is 1. The monoisotopic (exact) mass is 567 g/mol. The van der Waals surface area contributed by atoms with E-state index in [0.717, 1.165) is 17.7 Å². The van der Waals surface area contributed by atoms with Crippen molar-refractivity contribution in [1.82, 2.24) is 25.1 Å². The Kier molecular flexibility index (Phi) is 9.95. The first-order valence-electron chi connectivity index (χ1n) is 12.8. The maximum atomic E-state index is 14.8. The second-order valence-corrected chi connectivity index (χ2v) is 9.54. The first kappa shape index (κ1) is 29.6. The predicted molar refractivity (Wildman–Crippen MR) is 144 cm³/mol. The minimum absolute atomic E-state index is 0.0103. The Morgan fingerprint density at radius 1 is 1.07 bits per heavy atom. The van der Waals surface area contributed by atoms with Gasteiger partial charge in [0.15, 0.2) is 0 Å². The lowest BCUT2D eigenvalue weighted by molar-refractivity contribution is -0.0176.